The predicted octanol–water partition coefficient (Wildman–Crippen LogP) is 3.32. The van der Waals surface area contributed by atoms with Crippen LogP contribution in [0.3, 0.4) is 0 Å². The van der Waals surface area contributed by atoms with Crippen LogP contribution in [-0.4, -0.2) is 23.8 Å². The third-order valence-electron chi connectivity index (χ3n) is 2.82. The van der Waals surface area contributed by atoms with Gasteiger partial charge in [0.05, 0.1) is 16.3 Å². The Hall–Kier alpha value is -2.37. The molecule has 0 aliphatic carbocycles. The van der Waals surface area contributed by atoms with Crippen molar-refractivity contribution in [2.45, 2.75) is 0 Å². The van der Waals surface area contributed by atoms with Gasteiger partial charge in [-0.1, -0.05) is 28.1 Å². The van der Waals surface area contributed by atoms with E-state index in [1.165, 1.54) is 6.21 Å². The van der Waals surface area contributed by atoms with Crippen molar-refractivity contribution in [2.75, 3.05) is 6.61 Å². The second-order valence-corrected chi connectivity index (χ2v) is 6.29. The van der Waals surface area contributed by atoms with E-state index in [2.05, 4.69) is 42.4 Å². The molecule has 0 atom stereocenters. The van der Waals surface area contributed by atoms with Crippen molar-refractivity contribution >= 4 is 44.0 Å². The number of nitrogens with zero attached hydrogens (tertiary/aromatic N) is 2. The Balaban J connectivity index is 1.93. The lowest BCUT2D eigenvalue weighted by atomic mass is 10.2. The normalized spacial score (nSPS) is 10.4. The Bertz CT molecular complexity index is 832. The second-order valence-electron chi connectivity index (χ2n) is 4.52. The molecule has 0 spiro atoms. The molecular formula is C16H11Br2N3O3. The molecule has 0 saturated carbocycles. The van der Waals surface area contributed by atoms with Crippen LogP contribution in [0.25, 0.3) is 0 Å². The summed E-state index contributed by atoms with van der Waals surface area (Å²) in [5.41, 5.74) is 3.05. The highest BCUT2D eigenvalue weighted by Crippen LogP contribution is 2.30. The van der Waals surface area contributed by atoms with Crippen LogP contribution >= 0.6 is 31.9 Å². The van der Waals surface area contributed by atoms with Crippen molar-refractivity contribution in [3.05, 3.63) is 56.5 Å². The van der Waals surface area contributed by atoms with Gasteiger partial charge in [0.15, 0.2) is 6.61 Å². The maximum Gasteiger partial charge on any atom is 0.277 e. The number of hydrogen-bond donors (Lipinski definition) is 2. The van der Waals surface area contributed by atoms with Crippen LogP contribution < -0.4 is 10.2 Å². The number of hydrogen-bond acceptors (Lipinski definition) is 5. The number of carbonyl (C=O) groups is 1. The van der Waals surface area contributed by atoms with Gasteiger partial charge < -0.3 is 9.84 Å². The molecule has 0 fully saturated rings. The van der Waals surface area contributed by atoms with Gasteiger partial charge in [0.2, 0.25) is 0 Å². The summed E-state index contributed by atoms with van der Waals surface area (Å²) in [6, 6.07) is 11.9. The molecule has 8 heteroatoms. The maximum atomic E-state index is 11.7. The minimum Gasteiger partial charge on any atom is -0.506 e. The Kier molecular flexibility index (Phi) is 6.35. The van der Waals surface area contributed by atoms with E-state index in [1.54, 1.807) is 36.4 Å². The van der Waals surface area contributed by atoms with Crippen LogP contribution in [0, 0.1) is 11.3 Å². The number of hydrazone groups is 1. The highest BCUT2D eigenvalue weighted by molar-refractivity contribution is 9.11. The minimum atomic E-state index is -0.493. The molecule has 24 heavy (non-hydrogen) atoms. The number of nitrogens with one attached hydrogen (secondary N) is 1. The number of aromatic hydroxyl groups is 1. The van der Waals surface area contributed by atoms with E-state index in [1.807, 2.05) is 6.07 Å². The molecule has 122 valence electrons. The number of carbonyl (C=O) groups excluding carboxylic acids is 1. The van der Waals surface area contributed by atoms with Crippen LogP contribution in [0.5, 0.6) is 11.5 Å². The van der Waals surface area contributed by atoms with Crippen molar-refractivity contribution in [1.29, 1.82) is 5.26 Å². The highest BCUT2D eigenvalue weighted by Gasteiger charge is 2.07. The van der Waals surface area contributed by atoms with Crippen molar-refractivity contribution in [2.24, 2.45) is 5.10 Å². The molecule has 0 aliphatic heterocycles. The number of halogens is 2. The maximum absolute atomic E-state index is 11.7. The molecule has 0 bridgehead atoms. The SMILES string of the molecule is N#Cc1ccccc1OCC(=O)NN=Cc1cc(Br)cc(Br)c1O. The van der Waals surface area contributed by atoms with Gasteiger partial charge in [-0.15, -0.1) is 0 Å². The first-order valence-corrected chi connectivity index (χ1v) is 8.21. The summed E-state index contributed by atoms with van der Waals surface area (Å²) in [5, 5.41) is 22.6. The van der Waals surface area contributed by atoms with Gasteiger partial charge in [-0.2, -0.15) is 10.4 Å². The first kappa shape index (κ1) is 18.0. The monoisotopic (exact) mass is 451 g/mol. The number of phenolic OH excluding ortho intramolecular Hbond substituents is 1. The number of ether oxygens (including phenoxy) is 1. The Morgan fingerprint density at radius 1 is 1.38 bits per heavy atom. The zero-order chi connectivity index (χ0) is 17.5. The number of amides is 1. The molecule has 0 aliphatic rings. The Morgan fingerprint density at radius 2 is 2.12 bits per heavy atom. The number of rotatable bonds is 5. The summed E-state index contributed by atoms with van der Waals surface area (Å²) < 4.78 is 6.53. The fourth-order valence-corrected chi connectivity index (χ4v) is 2.98. The van der Waals surface area contributed by atoms with Crippen LogP contribution in [0.15, 0.2) is 50.4 Å². The lowest BCUT2D eigenvalue weighted by Crippen LogP contribution is -2.24. The van der Waals surface area contributed by atoms with E-state index in [0.29, 0.717) is 21.3 Å². The molecule has 2 aromatic carbocycles. The summed E-state index contributed by atoms with van der Waals surface area (Å²) in [7, 11) is 0. The zero-order valence-electron chi connectivity index (χ0n) is 12.2. The molecule has 2 N–H and O–H groups in total. The van der Waals surface area contributed by atoms with Gasteiger partial charge in [0, 0.05) is 10.0 Å². The number of para-hydroxylation sites is 1. The average Bonchev–Trinajstić information content (AvgIpc) is 2.57. The lowest BCUT2D eigenvalue weighted by Gasteiger charge is -2.06. The van der Waals surface area contributed by atoms with Crippen molar-refractivity contribution < 1.29 is 14.6 Å². The first-order chi connectivity index (χ1) is 11.5. The van der Waals surface area contributed by atoms with E-state index >= 15 is 0 Å². The molecule has 2 aromatic rings. The molecule has 2 rings (SSSR count). The van der Waals surface area contributed by atoms with E-state index in [-0.39, 0.29) is 12.4 Å². The highest BCUT2D eigenvalue weighted by atomic mass is 79.9. The first-order valence-electron chi connectivity index (χ1n) is 6.63. The largest absolute Gasteiger partial charge is 0.506 e. The minimum absolute atomic E-state index is 0.00963. The fourth-order valence-electron chi connectivity index (χ4n) is 1.72. The molecule has 0 aromatic heterocycles. The Labute approximate surface area is 155 Å². The predicted molar refractivity (Wildman–Crippen MR) is 95.9 cm³/mol. The quantitative estimate of drug-likeness (QED) is 0.537. The molecular weight excluding hydrogens is 442 g/mol. The molecule has 0 saturated heterocycles. The van der Waals surface area contributed by atoms with Gasteiger partial charge in [0.25, 0.3) is 5.91 Å². The summed E-state index contributed by atoms with van der Waals surface area (Å²) in [6.45, 7) is -0.288. The Morgan fingerprint density at radius 3 is 2.88 bits per heavy atom. The van der Waals surface area contributed by atoms with Crippen LogP contribution in [0.2, 0.25) is 0 Å². The van der Waals surface area contributed by atoms with Gasteiger partial charge in [-0.3, -0.25) is 4.79 Å². The summed E-state index contributed by atoms with van der Waals surface area (Å²) in [5.74, 6) is -0.157. The van der Waals surface area contributed by atoms with Crippen LogP contribution in [0.1, 0.15) is 11.1 Å². The smallest absolute Gasteiger partial charge is 0.277 e. The third kappa shape index (κ3) is 4.81. The summed E-state index contributed by atoms with van der Waals surface area (Å²) >= 11 is 6.50. The molecule has 0 radical (unpaired) electrons. The molecule has 1 amide bonds. The van der Waals surface area contributed by atoms with Gasteiger partial charge in [0.1, 0.15) is 17.6 Å². The third-order valence-corrected chi connectivity index (χ3v) is 3.88. The van der Waals surface area contributed by atoms with Gasteiger partial charge >= 0.3 is 0 Å². The summed E-state index contributed by atoms with van der Waals surface area (Å²) in [6.07, 6.45) is 1.31. The average molecular weight is 453 g/mol. The van der Waals surface area contributed by atoms with Crippen molar-refractivity contribution in [3.8, 4) is 17.6 Å². The van der Waals surface area contributed by atoms with E-state index in [4.69, 9.17) is 10.00 Å². The standard InChI is InChI=1S/C16H11Br2N3O3/c17-12-5-11(16(23)13(18)6-12)8-20-21-15(22)9-24-14-4-2-1-3-10(14)7-19/h1-6,8,23H,9H2,(H,21,22). The number of benzene rings is 2. The van der Waals surface area contributed by atoms with Gasteiger partial charge in [-0.05, 0) is 40.2 Å². The van der Waals surface area contributed by atoms with Crippen molar-refractivity contribution in [1.82, 2.24) is 5.43 Å². The number of phenols is 1. The topological polar surface area (TPSA) is 94.7 Å². The lowest BCUT2D eigenvalue weighted by molar-refractivity contribution is -0.123. The van der Waals surface area contributed by atoms with E-state index in [9.17, 15) is 9.90 Å². The number of nitriles is 1. The second kappa shape index (κ2) is 8.47. The van der Waals surface area contributed by atoms with Crippen molar-refractivity contribution in [3.63, 3.8) is 0 Å². The summed E-state index contributed by atoms with van der Waals surface area (Å²) in [4.78, 5) is 11.7. The molecule has 6 nitrogen and oxygen atoms in total. The van der Waals surface area contributed by atoms with Crippen LogP contribution in [0.4, 0.5) is 0 Å². The molecule has 0 unspecified atom stereocenters. The van der Waals surface area contributed by atoms with Crippen LogP contribution in [-0.2, 0) is 4.79 Å². The molecule has 0 heterocycles. The van der Waals surface area contributed by atoms with E-state index in [0.717, 1.165) is 4.47 Å². The van der Waals surface area contributed by atoms with E-state index < -0.39 is 5.91 Å². The fraction of sp³-hybridized carbons (Fsp3) is 0.0625. The van der Waals surface area contributed by atoms with Gasteiger partial charge in [-0.25, -0.2) is 5.43 Å². The zero-order valence-corrected chi connectivity index (χ0v) is 15.3.